The van der Waals surface area contributed by atoms with Gasteiger partial charge in [-0.2, -0.15) is 0 Å². The average molecular weight is 558 g/mol. The molecule has 0 saturated carbocycles. The minimum absolute atomic E-state index is 0.136. The number of carbonyl (C=O) groups excluding carboxylic acids is 4. The Hall–Kier alpha value is -1.88. The standard InChI is InChI=1S/C25H36ClNO7SSi/c1-7-8-9-20(28)32-15-33-21(29)14-27-23(22(24(27)30)17(3)34-36(4,5)6)16(2)25(31)35-19-12-10-18(26)11-13-19/h10-13,16-17,22-23H,7-9,14-15H2,1-6H3/t16?,17?,22?,23-/m1/s1. The molecule has 2 rings (SSSR count). The van der Waals surface area contributed by atoms with Crippen LogP contribution in [0.25, 0.3) is 0 Å². The Kier molecular flexibility index (Phi) is 11.5. The number of likely N-dealkylation sites (tertiary alicyclic amines) is 1. The smallest absolute Gasteiger partial charge is 0.328 e. The molecule has 0 N–H and O–H groups in total. The Balaban J connectivity index is 2.08. The number of β-lactam (4-membered cyclic amide) rings is 1. The molecule has 36 heavy (non-hydrogen) atoms. The van der Waals surface area contributed by atoms with Gasteiger partial charge < -0.3 is 18.8 Å². The van der Waals surface area contributed by atoms with Gasteiger partial charge in [0.25, 0.3) is 0 Å². The fourth-order valence-corrected chi connectivity index (χ4v) is 6.28. The van der Waals surface area contributed by atoms with E-state index in [4.69, 9.17) is 25.5 Å². The van der Waals surface area contributed by atoms with Crippen molar-refractivity contribution in [1.29, 1.82) is 0 Å². The summed E-state index contributed by atoms with van der Waals surface area (Å²) in [6.45, 7) is 10.8. The minimum Gasteiger partial charge on any atom is -0.428 e. The molecule has 0 radical (unpaired) electrons. The highest BCUT2D eigenvalue weighted by Gasteiger charge is 2.55. The van der Waals surface area contributed by atoms with Crippen molar-refractivity contribution < 1.29 is 33.1 Å². The SMILES string of the molecule is CCCCC(=O)OCOC(=O)CN1C(=O)C(C(C)O[Si](C)(C)C)[C@H]1C(C)C(=O)Sc1ccc(Cl)cc1. The van der Waals surface area contributed by atoms with Gasteiger partial charge in [-0.1, -0.05) is 43.6 Å². The van der Waals surface area contributed by atoms with Crippen LogP contribution in [0.2, 0.25) is 24.7 Å². The molecule has 0 aliphatic carbocycles. The predicted octanol–water partition coefficient (Wildman–Crippen LogP) is 4.90. The van der Waals surface area contributed by atoms with Gasteiger partial charge in [0.2, 0.25) is 12.7 Å². The summed E-state index contributed by atoms with van der Waals surface area (Å²) in [4.78, 5) is 52.4. The van der Waals surface area contributed by atoms with Crippen molar-refractivity contribution >= 4 is 54.6 Å². The highest BCUT2D eigenvalue weighted by Crippen LogP contribution is 2.39. The van der Waals surface area contributed by atoms with Gasteiger partial charge >= 0.3 is 11.9 Å². The first-order valence-electron chi connectivity index (χ1n) is 12.1. The van der Waals surface area contributed by atoms with Crippen molar-refractivity contribution in [2.24, 2.45) is 11.8 Å². The molecule has 8 nitrogen and oxygen atoms in total. The van der Waals surface area contributed by atoms with Crippen molar-refractivity contribution in [3.63, 3.8) is 0 Å². The van der Waals surface area contributed by atoms with Crippen LogP contribution in [0.3, 0.4) is 0 Å². The Bertz CT molecular complexity index is 937. The Morgan fingerprint density at radius 1 is 1.08 bits per heavy atom. The van der Waals surface area contributed by atoms with Gasteiger partial charge in [-0.3, -0.25) is 19.2 Å². The van der Waals surface area contributed by atoms with Gasteiger partial charge in [0, 0.05) is 22.3 Å². The summed E-state index contributed by atoms with van der Waals surface area (Å²) in [6, 6.07) is 6.40. The van der Waals surface area contributed by atoms with Gasteiger partial charge in [-0.15, -0.1) is 0 Å². The fraction of sp³-hybridized carbons (Fsp3) is 0.600. The highest BCUT2D eigenvalue weighted by atomic mass is 35.5. The fourth-order valence-electron chi connectivity index (χ4n) is 4.06. The van der Waals surface area contributed by atoms with Gasteiger partial charge in [0.05, 0.1) is 18.1 Å². The third-order valence-electron chi connectivity index (χ3n) is 5.73. The molecule has 1 aromatic carbocycles. The van der Waals surface area contributed by atoms with Crippen LogP contribution in [-0.4, -0.2) is 61.7 Å². The maximum Gasteiger partial charge on any atom is 0.328 e. The molecule has 4 atom stereocenters. The second kappa shape index (κ2) is 13.6. The summed E-state index contributed by atoms with van der Waals surface area (Å²) in [5.74, 6) is -2.54. The van der Waals surface area contributed by atoms with Crippen molar-refractivity contribution in [2.75, 3.05) is 13.3 Å². The minimum atomic E-state index is -1.96. The molecule has 1 fully saturated rings. The van der Waals surface area contributed by atoms with Crippen LogP contribution in [-0.2, 0) is 33.1 Å². The second-order valence-corrected chi connectivity index (χ2v) is 15.8. The number of halogens is 1. The van der Waals surface area contributed by atoms with Gasteiger partial charge in [-0.05, 0) is 57.3 Å². The van der Waals surface area contributed by atoms with Crippen molar-refractivity contribution in [2.45, 2.75) is 76.7 Å². The largest absolute Gasteiger partial charge is 0.428 e. The summed E-state index contributed by atoms with van der Waals surface area (Å²) in [7, 11) is -1.96. The van der Waals surface area contributed by atoms with Crippen LogP contribution < -0.4 is 0 Å². The number of thioether (sulfide) groups is 1. The second-order valence-electron chi connectivity index (χ2n) is 9.84. The highest BCUT2D eigenvalue weighted by molar-refractivity contribution is 8.13. The lowest BCUT2D eigenvalue weighted by Gasteiger charge is -2.51. The Morgan fingerprint density at radius 2 is 1.69 bits per heavy atom. The van der Waals surface area contributed by atoms with Gasteiger partial charge in [0.15, 0.2) is 13.4 Å². The van der Waals surface area contributed by atoms with E-state index in [0.29, 0.717) is 11.4 Å². The van der Waals surface area contributed by atoms with Crippen LogP contribution in [0.15, 0.2) is 29.2 Å². The summed E-state index contributed by atoms with van der Waals surface area (Å²) >= 11 is 7.01. The normalized spacial score (nSPS) is 19.3. The van der Waals surface area contributed by atoms with Crippen LogP contribution in [0.5, 0.6) is 0 Å². The number of benzene rings is 1. The van der Waals surface area contributed by atoms with E-state index in [2.05, 4.69) is 0 Å². The molecule has 1 heterocycles. The summed E-state index contributed by atoms with van der Waals surface area (Å²) in [5.41, 5.74) is 0. The van der Waals surface area contributed by atoms with Crippen molar-refractivity contribution in [1.82, 2.24) is 4.90 Å². The van der Waals surface area contributed by atoms with E-state index in [1.165, 1.54) is 4.90 Å². The molecule has 1 saturated heterocycles. The maximum absolute atomic E-state index is 13.1. The van der Waals surface area contributed by atoms with E-state index in [-0.39, 0.29) is 24.0 Å². The molecule has 11 heteroatoms. The Morgan fingerprint density at radius 3 is 2.28 bits per heavy atom. The average Bonchev–Trinajstić information content (AvgIpc) is 2.79. The summed E-state index contributed by atoms with van der Waals surface area (Å²) in [6.07, 6.45) is 1.39. The number of ether oxygens (including phenoxy) is 2. The van der Waals surface area contributed by atoms with E-state index >= 15 is 0 Å². The van der Waals surface area contributed by atoms with E-state index < -0.39 is 51.0 Å². The van der Waals surface area contributed by atoms with Gasteiger partial charge in [0.1, 0.15) is 6.54 Å². The monoisotopic (exact) mass is 557 g/mol. The first kappa shape index (κ1) is 30.3. The zero-order valence-electron chi connectivity index (χ0n) is 21.7. The van der Waals surface area contributed by atoms with E-state index in [1.54, 1.807) is 31.2 Å². The Labute approximate surface area is 223 Å². The lowest BCUT2D eigenvalue weighted by atomic mass is 9.77. The topological polar surface area (TPSA) is 99.2 Å². The van der Waals surface area contributed by atoms with Crippen molar-refractivity contribution in [3.05, 3.63) is 29.3 Å². The molecule has 200 valence electrons. The predicted molar refractivity (Wildman–Crippen MR) is 141 cm³/mol. The van der Waals surface area contributed by atoms with Crippen LogP contribution in [0, 0.1) is 11.8 Å². The maximum atomic E-state index is 13.1. The first-order chi connectivity index (χ1) is 16.8. The van der Waals surface area contributed by atoms with Crippen LogP contribution >= 0.6 is 23.4 Å². The van der Waals surface area contributed by atoms with E-state index in [0.717, 1.165) is 23.1 Å². The summed E-state index contributed by atoms with van der Waals surface area (Å²) < 4.78 is 16.1. The molecular weight excluding hydrogens is 522 g/mol. The van der Waals surface area contributed by atoms with Crippen LogP contribution in [0.1, 0.15) is 40.0 Å². The summed E-state index contributed by atoms with van der Waals surface area (Å²) in [5, 5.41) is 0.436. The van der Waals surface area contributed by atoms with Crippen LogP contribution in [0.4, 0.5) is 0 Å². The molecule has 0 aromatic heterocycles. The molecular formula is C25H36ClNO7SSi. The number of hydrogen-bond donors (Lipinski definition) is 0. The molecule has 1 aromatic rings. The molecule has 0 spiro atoms. The number of carbonyl (C=O) groups is 4. The van der Waals surface area contributed by atoms with Gasteiger partial charge in [-0.25, -0.2) is 0 Å². The number of nitrogens with zero attached hydrogens (tertiary/aromatic N) is 1. The lowest BCUT2D eigenvalue weighted by molar-refractivity contribution is -0.180. The zero-order chi connectivity index (χ0) is 27.0. The molecule has 0 bridgehead atoms. The molecule has 1 amide bonds. The third-order valence-corrected chi connectivity index (χ3v) is 8.14. The number of esters is 2. The van der Waals surface area contributed by atoms with E-state index in [1.807, 2.05) is 33.5 Å². The number of unbranched alkanes of at least 4 members (excludes halogenated alkanes) is 1. The third kappa shape index (κ3) is 8.90. The zero-order valence-corrected chi connectivity index (χ0v) is 24.3. The first-order valence-corrected chi connectivity index (χ1v) is 16.7. The number of rotatable bonds is 13. The molecule has 1 aliphatic rings. The number of hydrogen-bond acceptors (Lipinski definition) is 8. The molecule has 1 aliphatic heterocycles. The number of amides is 1. The van der Waals surface area contributed by atoms with Crippen molar-refractivity contribution in [3.8, 4) is 0 Å². The molecule has 3 unspecified atom stereocenters. The quantitative estimate of drug-likeness (QED) is 0.111. The lowest BCUT2D eigenvalue weighted by Crippen LogP contribution is -2.69. The van der Waals surface area contributed by atoms with E-state index in [9.17, 15) is 19.2 Å².